The van der Waals surface area contributed by atoms with Crippen molar-refractivity contribution in [2.45, 2.75) is 58.4 Å². The van der Waals surface area contributed by atoms with Crippen molar-refractivity contribution in [3.63, 3.8) is 0 Å². The van der Waals surface area contributed by atoms with Gasteiger partial charge in [-0.15, -0.1) is 0 Å². The molecule has 1 amide bonds. The molecule has 0 radical (unpaired) electrons. The highest BCUT2D eigenvalue weighted by molar-refractivity contribution is 5.79. The molecule has 0 aromatic rings. The molecule has 21 heavy (non-hydrogen) atoms. The summed E-state index contributed by atoms with van der Waals surface area (Å²) in [6.45, 7) is 4.85. The zero-order chi connectivity index (χ0) is 15.1. The lowest BCUT2D eigenvalue weighted by molar-refractivity contribution is -0.145. The summed E-state index contributed by atoms with van der Waals surface area (Å²) in [7, 11) is 2.05. The molecule has 3 nitrogen and oxygen atoms in total. The van der Waals surface area contributed by atoms with Crippen LogP contribution in [0.2, 0.25) is 0 Å². The zero-order valence-corrected chi connectivity index (χ0v) is 13.9. The van der Waals surface area contributed by atoms with Gasteiger partial charge in [-0.3, -0.25) is 4.79 Å². The van der Waals surface area contributed by atoms with Gasteiger partial charge in [-0.25, -0.2) is 0 Å². The van der Waals surface area contributed by atoms with E-state index in [1.807, 2.05) is 0 Å². The van der Waals surface area contributed by atoms with Gasteiger partial charge in [-0.2, -0.15) is 0 Å². The molecule has 4 rings (SSSR count). The Hall–Kier alpha value is -0.570. The minimum absolute atomic E-state index is 0.0205. The summed E-state index contributed by atoms with van der Waals surface area (Å²) in [5.74, 6) is 4.34. The molecule has 4 aliphatic rings. The van der Waals surface area contributed by atoms with Gasteiger partial charge in [0.2, 0.25) is 5.91 Å². The summed E-state index contributed by atoms with van der Waals surface area (Å²) in [6.07, 6.45) is 7.86. The summed E-state index contributed by atoms with van der Waals surface area (Å²) >= 11 is 0. The fraction of sp³-hybridized carbons (Fsp3) is 0.944. The summed E-state index contributed by atoms with van der Waals surface area (Å²) in [5.41, 5.74) is 5.89. The van der Waals surface area contributed by atoms with Crippen molar-refractivity contribution in [3.05, 3.63) is 0 Å². The molecular weight excluding hydrogens is 260 g/mol. The highest BCUT2D eigenvalue weighted by Gasteiger charge is 2.50. The lowest BCUT2D eigenvalue weighted by atomic mass is 9.54. The minimum atomic E-state index is 0.0205. The van der Waals surface area contributed by atoms with Crippen LogP contribution in [0.1, 0.15) is 52.4 Å². The number of carbonyl (C=O) groups is 1. The topological polar surface area (TPSA) is 46.3 Å². The van der Waals surface area contributed by atoms with Gasteiger partial charge >= 0.3 is 0 Å². The monoisotopic (exact) mass is 292 g/mol. The van der Waals surface area contributed by atoms with E-state index in [0.29, 0.717) is 24.4 Å². The third kappa shape index (κ3) is 2.86. The predicted octanol–water partition coefficient (Wildman–Crippen LogP) is 2.89. The van der Waals surface area contributed by atoms with Crippen LogP contribution >= 0.6 is 0 Å². The van der Waals surface area contributed by atoms with Crippen molar-refractivity contribution in [1.29, 1.82) is 0 Å². The van der Waals surface area contributed by atoms with E-state index in [1.54, 1.807) is 0 Å². The molecule has 4 fully saturated rings. The number of hydrogen-bond acceptors (Lipinski definition) is 2. The molecule has 0 heterocycles. The van der Waals surface area contributed by atoms with E-state index in [9.17, 15) is 4.79 Å². The smallest absolute Gasteiger partial charge is 0.226 e. The van der Waals surface area contributed by atoms with E-state index in [1.165, 1.54) is 32.1 Å². The molecule has 120 valence electrons. The van der Waals surface area contributed by atoms with Crippen LogP contribution in [0, 0.1) is 35.5 Å². The van der Waals surface area contributed by atoms with Crippen LogP contribution in [0.25, 0.3) is 0 Å². The summed E-state index contributed by atoms with van der Waals surface area (Å²) < 4.78 is 0. The number of hydrogen-bond donors (Lipinski definition) is 1. The molecule has 2 N–H and O–H groups in total. The van der Waals surface area contributed by atoms with Gasteiger partial charge in [0.1, 0.15) is 0 Å². The van der Waals surface area contributed by atoms with Crippen molar-refractivity contribution in [2.75, 3.05) is 13.6 Å². The van der Waals surface area contributed by atoms with Crippen LogP contribution in [0.5, 0.6) is 0 Å². The summed E-state index contributed by atoms with van der Waals surface area (Å²) in [6, 6.07) is 0.506. The fourth-order valence-corrected chi connectivity index (χ4v) is 5.83. The van der Waals surface area contributed by atoms with Gasteiger partial charge in [0.25, 0.3) is 0 Å². The number of nitrogens with zero attached hydrogens (tertiary/aromatic N) is 1. The van der Waals surface area contributed by atoms with Gasteiger partial charge in [0.05, 0.1) is 5.92 Å². The van der Waals surface area contributed by atoms with Crippen molar-refractivity contribution in [3.8, 4) is 0 Å². The van der Waals surface area contributed by atoms with Gasteiger partial charge in [0.15, 0.2) is 0 Å². The Labute approximate surface area is 129 Å². The van der Waals surface area contributed by atoms with Crippen LogP contribution in [0.3, 0.4) is 0 Å². The van der Waals surface area contributed by atoms with Crippen LogP contribution < -0.4 is 5.73 Å². The lowest BCUT2D eigenvalue weighted by Gasteiger charge is -2.56. The largest absolute Gasteiger partial charge is 0.342 e. The molecule has 1 atom stereocenters. The number of carbonyl (C=O) groups excluding carboxylic acids is 1. The molecular formula is C18H32N2O. The average molecular weight is 292 g/mol. The normalized spacial score (nSPS) is 38.8. The van der Waals surface area contributed by atoms with E-state index in [2.05, 4.69) is 25.8 Å². The van der Waals surface area contributed by atoms with Crippen LogP contribution in [-0.4, -0.2) is 30.4 Å². The lowest BCUT2D eigenvalue weighted by Crippen LogP contribution is -2.57. The molecule has 0 spiro atoms. The second-order valence-electron chi connectivity index (χ2n) is 8.43. The molecule has 0 aromatic carbocycles. The minimum Gasteiger partial charge on any atom is -0.342 e. The Morgan fingerprint density at radius 3 is 2.05 bits per heavy atom. The van der Waals surface area contributed by atoms with E-state index < -0.39 is 0 Å². The quantitative estimate of drug-likeness (QED) is 0.847. The second-order valence-corrected chi connectivity index (χ2v) is 8.43. The number of rotatable bonds is 5. The first-order valence-electron chi connectivity index (χ1n) is 8.96. The molecule has 4 saturated carbocycles. The Bertz CT molecular complexity index is 365. The maximum atomic E-state index is 12.9. The second kappa shape index (κ2) is 5.91. The summed E-state index contributed by atoms with van der Waals surface area (Å²) in [4.78, 5) is 15.0. The zero-order valence-electron chi connectivity index (χ0n) is 13.9. The summed E-state index contributed by atoms with van der Waals surface area (Å²) in [5, 5.41) is 0. The molecule has 3 heteroatoms. The molecule has 4 aliphatic carbocycles. The molecule has 0 aromatic heterocycles. The highest BCUT2D eigenvalue weighted by Crippen LogP contribution is 2.55. The third-order valence-corrected chi connectivity index (χ3v) is 6.36. The maximum Gasteiger partial charge on any atom is 0.226 e. The Kier molecular flexibility index (Phi) is 4.31. The third-order valence-electron chi connectivity index (χ3n) is 6.36. The first-order chi connectivity index (χ1) is 9.99. The van der Waals surface area contributed by atoms with Crippen molar-refractivity contribution in [2.24, 2.45) is 41.2 Å². The van der Waals surface area contributed by atoms with Gasteiger partial charge < -0.3 is 10.6 Å². The van der Waals surface area contributed by atoms with Crippen LogP contribution in [0.4, 0.5) is 0 Å². The van der Waals surface area contributed by atoms with Crippen LogP contribution in [0.15, 0.2) is 0 Å². The van der Waals surface area contributed by atoms with E-state index in [0.717, 1.165) is 30.1 Å². The average Bonchev–Trinajstić information content (AvgIpc) is 2.42. The van der Waals surface area contributed by atoms with Crippen LogP contribution in [-0.2, 0) is 4.79 Å². The SMILES string of the molecule is CC(C)CC(CN)C(=O)N(C)C1C2CC3CC(C2)CC1C3. The van der Waals surface area contributed by atoms with Gasteiger partial charge in [0, 0.05) is 19.6 Å². The van der Waals surface area contributed by atoms with E-state index >= 15 is 0 Å². The molecule has 4 bridgehead atoms. The predicted molar refractivity (Wildman–Crippen MR) is 85.6 cm³/mol. The first-order valence-corrected chi connectivity index (χ1v) is 8.96. The molecule has 0 saturated heterocycles. The Morgan fingerprint density at radius 1 is 1.10 bits per heavy atom. The van der Waals surface area contributed by atoms with Gasteiger partial charge in [-0.05, 0) is 68.1 Å². The molecule has 1 unspecified atom stereocenters. The maximum absolute atomic E-state index is 12.9. The van der Waals surface area contributed by atoms with E-state index in [4.69, 9.17) is 5.73 Å². The van der Waals surface area contributed by atoms with Crippen molar-refractivity contribution < 1.29 is 4.79 Å². The first kappa shape index (κ1) is 15.3. The Balaban J connectivity index is 1.69. The standard InChI is InChI=1S/C18H32N2O/c1-11(2)4-16(10-19)18(21)20(3)17-14-6-12-5-13(8-14)9-15(17)7-12/h11-17H,4-10,19H2,1-3H3. The number of nitrogens with two attached hydrogens (primary N) is 1. The highest BCUT2D eigenvalue weighted by atomic mass is 16.2. The Morgan fingerprint density at radius 2 is 1.62 bits per heavy atom. The van der Waals surface area contributed by atoms with E-state index in [-0.39, 0.29) is 5.92 Å². The molecule has 0 aliphatic heterocycles. The van der Waals surface area contributed by atoms with Crippen molar-refractivity contribution in [1.82, 2.24) is 4.90 Å². The van der Waals surface area contributed by atoms with Crippen molar-refractivity contribution >= 4 is 5.91 Å². The fourth-order valence-electron chi connectivity index (χ4n) is 5.83. The van der Waals surface area contributed by atoms with Gasteiger partial charge in [-0.1, -0.05) is 13.8 Å². The number of amides is 1.